The van der Waals surface area contributed by atoms with Crippen molar-refractivity contribution >= 4 is 31.9 Å². The lowest BCUT2D eigenvalue weighted by atomic mass is 10.5. The van der Waals surface area contributed by atoms with Crippen LogP contribution < -0.4 is 0 Å². The Morgan fingerprint density at radius 1 is 1.33 bits per heavy atom. The molecular formula is C4H4Br2. The molecule has 0 unspecified atom stereocenters. The van der Waals surface area contributed by atoms with Crippen LogP contribution >= 0.6 is 31.9 Å². The summed E-state index contributed by atoms with van der Waals surface area (Å²) in [6, 6.07) is 0. The first kappa shape index (κ1) is 4.85. The van der Waals surface area contributed by atoms with Crippen LogP contribution in [0.4, 0.5) is 0 Å². The van der Waals surface area contributed by atoms with E-state index < -0.39 is 0 Å². The SMILES string of the molecule is CC1C(Br)=C1Br. The van der Waals surface area contributed by atoms with Gasteiger partial charge in [0.05, 0.1) is 0 Å². The summed E-state index contributed by atoms with van der Waals surface area (Å²) in [5.74, 6) is 0.685. The fraction of sp³-hybridized carbons (Fsp3) is 0.500. The third-order valence-corrected chi connectivity index (χ3v) is 3.67. The number of halogens is 2. The quantitative estimate of drug-likeness (QED) is 0.578. The van der Waals surface area contributed by atoms with Crippen molar-refractivity contribution in [1.29, 1.82) is 0 Å². The Labute approximate surface area is 53.9 Å². The van der Waals surface area contributed by atoms with Gasteiger partial charge in [-0.2, -0.15) is 0 Å². The molecule has 0 N–H and O–H groups in total. The number of hydrogen-bond acceptors (Lipinski definition) is 0. The first-order chi connectivity index (χ1) is 2.73. The largest absolute Gasteiger partial charge is 0.0541 e. The van der Waals surface area contributed by atoms with E-state index in [1.807, 2.05) is 0 Å². The van der Waals surface area contributed by atoms with E-state index in [1.54, 1.807) is 0 Å². The summed E-state index contributed by atoms with van der Waals surface area (Å²) in [4.78, 5) is 0. The normalized spacial score (nSPS) is 22.5. The third kappa shape index (κ3) is 0.562. The average molecular weight is 212 g/mol. The number of allylic oxidation sites excluding steroid dienone is 2. The maximum Gasteiger partial charge on any atom is 0.0210 e. The maximum absolute atomic E-state index is 3.35. The van der Waals surface area contributed by atoms with Crippen LogP contribution in [0.5, 0.6) is 0 Å². The van der Waals surface area contributed by atoms with Gasteiger partial charge in [0, 0.05) is 14.9 Å². The highest BCUT2D eigenvalue weighted by atomic mass is 79.9. The van der Waals surface area contributed by atoms with Crippen molar-refractivity contribution in [3.63, 3.8) is 0 Å². The van der Waals surface area contributed by atoms with Crippen LogP contribution in [-0.4, -0.2) is 0 Å². The number of hydrogen-bond donors (Lipinski definition) is 0. The van der Waals surface area contributed by atoms with Gasteiger partial charge >= 0.3 is 0 Å². The molecule has 0 nitrogen and oxygen atoms in total. The van der Waals surface area contributed by atoms with E-state index in [1.165, 1.54) is 8.96 Å². The minimum Gasteiger partial charge on any atom is -0.0541 e. The molecule has 0 heterocycles. The molecule has 0 aliphatic heterocycles. The lowest BCUT2D eigenvalue weighted by molar-refractivity contribution is 1.07. The van der Waals surface area contributed by atoms with Crippen molar-refractivity contribution in [3.05, 3.63) is 8.96 Å². The summed E-state index contributed by atoms with van der Waals surface area (Å²) in [5, 5.41) is 0. The van der Waals surface area contributed by atoms with Gasteiger partial charge in [-0.3, -0.25) is 0 Å². The van der Waals surface area contributed by atoms with E-state index in [0.29, 0.717) is 5.92 Å². The van der Waals surface area contributed by atoms with Crippen LogP contribution in [0.3, 0.4) is 0 Å². The molecule has 0 aromatic heterocycles. The van der Waals surface area contributed by atoms with Gasteiger partial charge in [0.2, 0.25) is 0 Å². The second-order valence-electron chi connectivity index (χ2n) is 1.42. The summed E-state index contributed by atoms with van der Waals surface area (Å²) in [5.41, 5.74) is 0. The maximum atomic E-state index is 3.35. The Morgan fingerprint density at radius 2 is 1.50 bits per heavy atom. The lowest BCUT2D eigenvalue weighted by Gasteiger charge is -1.69. The molecule has 0 radical (unpaired) electrons. The highest BCUT2D eigenvalue weighted by molar-refractivity contribution is 9.15. The minimum absolute atomic E-state index is 0.685. The van der Waals surface area contributed by atoms with E-state index in [2.05, 4.69) is 38.8 Å². The molecule has 0 fully saturated rings. The van der Waals surface area contributed by atoms with Crippen molar-refractivity contribution in [3.8, 4) is 0 Å². The Kier molecular flexibility index (Phi) is 1.08. The van der Waals surface area contributed by atoms with E-state index >= 15 is 0 Å². The molecule has 0 aromatic rings. The molecule has 0 bridgehead atoms. The summed E-state index contributed by atoms with van der Waals surface area (Å²) in [6.45, 7) is 2.15. The minimum atomic E-state index is 0.685. The second-order valence-corrected chi connectivity index (χ2v) is 3.13. The van der Waals surface area contributed by atoms with Crippen molar-refractivity contribution in [2.24, 2.45) is 5.92 Å². The van der Waals surface area contributed by atoms with Crippen LogP contribution in [0, 0.1) is 5.92 Å². The zero-order valence-corrected chi connectivity index (χ0v) is 6.51. The molecular weight excluding hydrogens is 208 g/mol. The van der Waals surface area contributed by atoms with Gasteiger partial charge in [0.15, 0.2) is 0 Å². The molecule has 1 rings (SSSR count). The van der Waals surface area contributed by atoms with Gasteiger partial charge in [0.25, 0.3) is 0 Å². The monoisotopic (exact) mass is 210 g/mol. The van der Waals surface area contributed by atoms with Crippen LogP contribution in [0.25, 0.3) is 0 Å². The Bertz CT molecular complexity index is 92.1. The van der Waals surface area contributed by atoms with Crippen molar-refractivity contribution < 1.29 is 0 Å². The summed E-state index contributed by atoms with van der Waals surface area (Å²) < 4.78 is 2.64. The van der Waals surface area contributed by atoms with Crippen molar-refractivity contribution in [2.75, 3.05) is 0 Å². The third-order valence-electron chi connectivity index (χ3n) is 0.905. The fourth-order valence-electron chi connectivity index (χ4n) is 0.268. The summed E-state index contributed by atoms with van der Waals surface area (Å²) in [7, 11) is 0. The van der Waals surface area contributed by atoms with Gasteiger partial charge in [-0.25, -0.2) is 0 Å². The molecule has 34 valence electrons. The van der Waals surface area contributed by atoms with Crippen LogP contribution in [0.1, 0.15) is 6.92 Å². The Hall–Kier alpha value is 0.700. The first-order valence-corrected chi connectivity index (χ1v) is 3.37. The van der Waals surface area contributed by atoms with E-state index in [-0.39, 0.29) is 0 Å². The predicted octanol–water partition coefficient (Wildman–Crippen LogP) is 2.64. The van der Waals surface area contributed by atoms with Gasteiger partial charge in [0.1, 0.15) is 0 Å². The fourth-order valence-corrected chi connectivity index (χ4v) is 1.49. The highest BCUT2D eigenvalue weighted by Crippen LogP contribution is 2.47. The topological polar surface area (TPSA) is 0 Å². The Balaban J connectivity index is 2.54. The molecule has 0 aromatic carbocycles. The molecule has 6 heavy (non-hydrogen) atoms. The highest BCUT2D eigenvalue weighted by Gasteiger charge is 2.26. The van der Waals surface area contributed by atoms with Gasteiger partial charge in [-0.05, 0) is 0 Å². The molecule has 1 aliphatic carbocycles. The summed E-state index contributed by atoms with van der Waals surface area (Å²) >= 11 is 6.69. The molecule has 0 saturated heterocycles. The number of rotatable bonds is 0. The first-order valence-electron chi connectivity index (χ1n) is 1.78. The standard InChI is InChI=1S/C4H4Br2/c1-2-3(5)4(2)6/h2H,1H3. The molecule has 1 aliphatic rings. The van der Waals surface area contributed by atoms with E-state index in [9.17, 15) is 0 Å². The van der Waals surface area contributed by atoms with Gasteiger partial charge in [-0.1, -0.05) is 38.8 Å². The molecule has 2 heteroatoms. The summed E-state index contributed by atoms with van der Waals surface area (Å²) in [6.07, 6.45) is 0. The van der Waals surface area contributed by atoms with Crippen molar-refractivity contribution in [1.82, 2.24) is 0 Å². The van der Waals surface area contributed by atoms with Crippen molar-refractivity contribution in [2.45, 2.75) is 6.92 Å². The van der Waals surface area contributed by atoms with Crippen LogP contribution in [0.2, 0.25) is 0 Å². The van der Waals surface area contributed by atoms with Gasteiger partial charge in [-0.15, -0.1) is 0 Å². The molecule has 0 amide bonds. The smallest absolute Gasteiger partial charge is 0.0210 e. The predicted molar refractivity (Wildman–Crippen MR) is 34.0 cm³/mol. The Morgan fingerprint density at radius 3 is 1.50 bits per heavy atom. The zero-order chi connectivity index (χ0) is 4.73. The average Bonchev–Trinajstić information content (AvgIpc) is 1.94. The van der Waals surface area contributed by atoms with Gasteiger partial charge < -0.3 is 0 Å². The molecule has 0 atom stereocenters. The zero-order valence-electron chi connectivity index (χ0n) is 3.33. The second kappa shape index (κ2) is 1.34. The van der Waals surface area contributed by atoms with Crippen LogP contribution in [0.15, 0.2) is 8.96 Å². The van der Waals surface area contributed by atoms with E-state index in [0.717, 1.165) is 0 Å². The van der Waals surface area contributed by atoms with Crippen LogP contribution in [-0.2, 0) is 0 Å². The molecule has 0 saturated carbocycles. The lowest BCUT2D eigenvalue weighted by Crippen LogP contribution is -1.57. The van der Waals surface area contributed by atoms with E-state index in [4.69, 9.17) is 0 Å². The molecule has 0 spiro atoms.